The maximum Gasteiger partial charge on any atom is 0.257 e. The topological polar surface area (TPSA) is 54.5 Å². The van der Waals surface area contributed by atoms with E-state index in [-0.39, 0.29) is 17.2 Å². The summed E-state index contributed by atoms with van der Waals surface area (Å²) in [5.74, 6) is 0.562. The molecule has 2 aromatic rings. The molecule has 1 amide bonds. The predicted octanol–water partition coefficient (Wildman–Crippen LogP) is 4.02. The van der Waals surface area contributed by atoms with E-state index in [0.717, 1.165) is 25.3 Å². The molecular formula is C19H24FN3O2S. The number of methoxy groups -OCH3 is 1. The molecule has 1 fully saturated rings. The van der Waals surface area contributed by atoms with E-state index >= 15 is 0 Å². The van der Waals surface area contributed by atoms with E-state index in [9.17, 15) is 9.18 Å². The summed E-state index contributed by atoms with van der Waals surface area (Å²) in [6, 6.07) is 4.14. The fraction of sp³-hybridized carbons (Fsp3) is 0.474. The number of hydrogen-bond donors (Lipinski definition) is 1. The molecule has 26 heavy (non-hydrogen) atoms. The Labute approximate surface area is 157 Å². The number of amides is 1. The predicted molar refractivity (Wildman–Crippen MR) is 101 cm³/mol. The van der Waals surface area contributed by atoms with Gasteiger partial charge in [-0.1, -0.05) is 13.8 Å². The maximum absolute atomic E-state index is 13.8. The number of aromatic nitrogens is 1. The summed E-state index contributed by atoms with van der Waals surface area (Å²) in [6.45, 7) is 7.51. The summed E-state index contributed by atoms with van der Waals surface area (Å²) < 4.78 is 18.6. The van der Waals surface area contributed by atoms with Gasteiger partial charge in [-0.05, 0) is 36.5 Å². The molecule has 3 rings (SSSR count). The van der Waals surface area contributed by atoms with Crippen LogP contribution in [0.5, 0.6) is 5.75 Å². The Kier molecular flexibility index (Phi) is 5.88. The molecule has 0 aliphatic carbocycles. The van der Waals surface area contributed by atoms with Gasteiger partial charge in [-0.15, -0.1) is 11.3 Å². The Morgan fingerprint density at radius 1 is 1.38 bits per heavy atom. The number of rotatable bonds is 5. The van der Waals surface area contributed by atoms with Crippen molar-refractivity contribution in [2.75, 3.05) is 25.5 Å². The number of piperidine rings is 1. The van der Waals surface area contributed by atoms with Crippen LogP contribution in [0.2, 0.25) is 0 Å². The molecule has 1 N–H and O–H groups in total. The van der Waals surface area contributed by atoms with E-state index in [0.29, 0.717) is 17.0 Å². The van der Waals surface area contributed by atoms with Gasteiger partial charge in [0, 0.05) is 30.6 Å². The molecule has 1 aliphatic rings. The third-order valence-corrected chi connectivity index (χ3v) is 5.32. The molecule has 1 aromatic heterocycles. The zero-order chi connectivity index (χ0) is 18.7. The lowest BCUT2D eigenvalue weighted by Crippen LogP contribution is -2.38. The Morgan fingerprint density at radius 3 is 2.77 bits per heavy atom. The number of benzene rings is 1. The molecule has 0 bridgehead atoms. The van der Waals surface area contributed by atoms with Gasteiger partial charge in [0.15, 0.2) is 16.7 Å². The summed E-state index contributed by atoms with van der Waals surface area (Å²) in [5.41, 5.74) is 1.19. The van der Waals surface area contributed by atoms with Crippen LogP contribution in [-0.4, -0.2) is 36.0 Å². The molecule has 0 spiro atoms. The third kappa shape index (κ3) is 4.59. The molecule has 2 atom stereocenters. The normalized spacial score (nSPS) is 20.8. The first-order chi connectivity index (χ1) is 12.4. The minimum Gasteiger partial charge on any atom is -0.494 e. The van der Waals surface area contributed by atoms with Crippen molar-refractivity contribution in [3.8, 4) is 5.75 Å². The largest absolute Gasteiger partial charge is 0.494 e. The Hall–Kier alpha value is -1.99. The number of anilines is 1. The van der Waals surface area contributed by atoms with Gasteiger partial charge in [0.2, 0.25) is 0 Å². The highest BCUT2D eigenvalue weighted by atomic mass is 32.1. The Morgan fingerprint density at radius 2 is 2.12 bits per heavy atom. The molecule has 1 saturated heterocycles. The number of hydrogen-bond acceptors (Lipinski definition) is 5. The van der Waals surface area contributed by atoms with Crippen LogP contribution in [0.3, 0.4) is 0 Å². The van der Waals surface area contributed by atoms with Crippen LogP contribution in [0.25, 0.3) is 0 Å². The fourth-order valence-corrected chi connectivity index (χ4v) is 4.26. The van der Waals surface area contributed by atoms with E-state index < -0.39 is 5.82 Å². The summed E-state index contributed by atoms with van der Waals surface area (Å²) in [6.07, 6.45) is 1.27. The van der Waals surface area contributed by atoms with Gasteiger partial charge in [-0.25, -0.2) is 9.37 Å². The van der Waals surface area contributed by atoms with Crippen molar-refractivity contribution in [1.82, 2.24) is 9.88 Å². The zero-order valence-corrected chi connectivity index (χ0v) is 16.1. The highest BCUT2D eigenvalue weighted by Crippen LogP contribution is 2.24. The maximum atomic E-state index is 13.8. The van der Waals surface area contributed by atoms with Gasteiger partial charge in [0.05, 0.1) is 12.8 Å². The third-order valence-electron chi connectivity index (χ3n) is 4.52. The number of carbonyl (C=O) groups excluding carboxylic acids is 1. The van der Waals surface area contributed by atoms with E-state index in [1.54, 1.807) is 0 Å². The van der Waals surface area contributed by atoms with E-state index in [4.69, 9.17) is 4.74 Å². The highest BCUT2D eigenvalue weighted by molar-refractivity contribution is 7.13. The second-order valence-corrected chi connectivity index (χ2v) is 7.95. The molecule has 140 valence electrons. The summed E-state index contributed by atoms with van der Waals surface area (Å²) in [5, 5.41) is 5.23. The SMILES string of the molecule is COc1ccc(C(=O)Nc2nc(CN3CC(C)CC(C)C3)cs2)cc1F. The summed E-state index contributed by atoms with van der Waals surface area (Å²) in [7, 11) is 1.39. The second kappa shape index (κ2) is 8.14. The van der Waals surface area contributed by atoms with Crippen LogP contribution in [0, 0.1) is 17.7 Å². The molecule has 2 unspecified atom stereocenters. The zero-order valence-electron chi connectivity index (χ0n) is 15.3. The van der Waals surface area contributed by atoms with E-state index in [2.05, 4.69) is 29.0 Å². The Balaban J connectivity index is 1.61. The lowest BCUT2D eigenvalue weighted by Gasteiger charge is -2.34. The standard InChI is InChI=1S/C19H24FN3O2S/c1-12-6-13(2)9-23(8-12)10-15-11-26-19(21-15)22-18(24)14-4-5-17(25-3)16(20)7-14/h4-5,7,11-13H,6,8-10H2,1-3H3,(H,21,22,24). The van der Waals surface area contributed by atoms with Crippen molar-refractivity contribution >= 4 is 22.4 Å². The van der Waals surface area contributed by atoms with Gasteiger partial charge in [-0.3, -0.25) is 15.0 Å². The first-order valence-electron chi connectivity index (χ1n) is 8.76. The fourth-order valence-electron chi connectivity index (χ4n) is 3.56. The minimum absolute atomic E-state index is 0.114. The first kappa shape index (κ1) is 18.8. The van der Waals surface area contributed by atoms with Crippen molar-refractivity contribution < 1.29 is 13.9 Å². The van der Waals surface area contributed by atoms with E-state index in [1.165, 1.54) is 43.1 Å². The van der Waals surface area contributed by atoms with Gasteiger partial charge in [0.1, 0.15) is 0 Å². The Bertz CT molecular complexity index is 770. The molecule has 5 nitrogen and oxygen atoms in total. The number of likely N-dealkylation sites (tertiary alicyclic amines) is 1. The average Bonchev–Trinajstić information content (AvgIpc) is 3.00. The van der Waals surface area contributed by atoms with Crippen LogP contribution < -0.4 is 10.1 Å². The number of ether oxygens (including phenoxy) is 1. The highest BCUT2D eigenvalue weighted by Gasteiger charge is 2.22. The molecule has 2 heterocycles. The first-order valence-corrected chi connectivity index (χ1v) is 9.64. The number of halogens is 1. The molecule has 7 heteroatoms. The smallest absolute Gasteiger partial charge is 0.257 e. The van der Waals surface area contributed by atoms with Crippen LogP contribution in [0.4, 0.5) is 9.52 Å². The van der Waals surface area contributed by atoms with Gasteiger partial charge >= 0.3 is 0 Å². The van der Waals surface area contributed by atoms with Crippen LogP contribution in [0.1, 0.15) is 36.3 Å². The molecule has 1 aliphatic heterocycles. The van der Waals surface area contributed by atoms with Crippen LogP contribution in [-0.2, 0) is 6.54 Å². The molecule has 0 radical (unpaired) electrons. The number of nitrogens with one attached hydrogen (secondary N) is 1. The van der Waals surface area contributed by atoms with Crippen molar-refractivity contribution in [3.05, 3.63) is 40.7 Å². The monoisotopic (exact) mass is 377 g/mol. The van der Waals surface area contributed by atoms with E-state index in [1.807, 2.05) is 5.38 Å². The van der Waals surface area contributed by atoms with Gasteiger partial charge in [0.25, 0.3) is 5.91 Å². The van der Waals surface area contributed by atoms with Gasteiger partial charge in [-0.2, -0.15) is 0 Å². The minimum atomic E-state index is -0.562. The van der Waals surface area contributed by atoms with Crippen LogP contribution >= 0.6 is 11.3 Å². The van der Waals surface area contributed by atoms with Crippen molar-refractivity contribution in [2.45, 2.75) is 26.8 Å². The lowest BCUT2D eigenvalue weighted by atomic mass is 9.92. The number of nitrogens with zero attached hydrogens (tertiary/aromatic N) is 2. The quantitative estimate of drug-likeness (QED) is 0.855. The van der Waals surface area contributed by atoms with Crippen LogP contribution in [0.15, 0.2) is 23.6 Å². The summed E-state index contributed by atoms with van der Waals surface area (Å²) in [4.78, 5) is 19.2. The second-order valence-electron chi connectivity index (χ2n) is 7.09. The number of carbonyl (C=O) groups is 1. The van der Waals surface area contributed by atoms with Crippen molar-refractivity contribution in [1.29, 1.82) is 0 Å². The average molecular weight is 377 g/mol. The number of thiazole rings is 1. The van der Waals surface area contributed by atoms with Gasteiger partial charge < -0.3 is 4.74 Å². The molecule has 1 aromatic carbocycles. The van der Waals surface area contributed by atoms with Crippen molar-refractivity contribution in [2.24, 2.45) is 11.8 Å². The summed E-state index contributed by atoms with van der Waals surface area (Å²) >= 11 is 1.39. The molecular weight excluding hydrogens is 353 g/mol. The van der Waals surface area contributed by atoms with Crippen molar-refractivity contribution in [3.63, 3.8) is 0 Å². The molecule has 0 saturated carbocycles. The lowest BCUT2D eigenvalue weighted by molar-refractivity contribution is 0.102.